The minimum absolute atomic E-state index is 0.0643. The number of aromatic amines is 1. The summed E-state index contributed by atoms with van der Waals surface area (Å²) in [6, 6.07) is 19.7. The van der Waals surface area contributed by atoms with Gasteiger partial charge >= 0.3 is 0 Å². The number of hydrogen-bond acceptors (Lipinski definition) is 4. The minimum atomic E-state index is -0.260. The monoisotopic (exact) mass is 410 g/mol. The van der Waals surface area contributed by atoms with Gasteiger partial charge in [0.05, 0.1) is 18.8 Å². The number of carbonyl (C=O) groups is 1. The lowest BCUT2D eigenvalue weighted by atomic mass is 9.95. The number of pyridine rings is 1. The Morgan fingerprint density at radius 2 is 1.84 bits per heavy atom. The van der Waals surface area contributed by atoms with E-state index in [4.69, 9.17) is 4.74 Å². The lowest BCUT2D eigenvalue weighted by Gasteiger charge is -2.26. The number of nitrogens with one attached hydrogen (secondary N) is 1. The molecule has 0 bridgehead atoms. The predicted molar refractivity (Wildman–Crippen MR) is 118 cm³/mol. The van der Waals surface area contributed by atoms with Gasteiger partial charge in [0.15, 0.2) is 0 Å². The zero-order valence-corrected chi connectivity index (χ0v) is 17.4. The number of benzene rings is 2. The molecule has 1 amide bonds. The van der Waals surface area contributed by atoms with E-state index in [-0.39, 0.29) is 11.9 Å². The molecule has 2 aromatic carbocycles. The van der Waals surface area contributed by atoms with Crippen LogP contribution in [0.1, 0.15) is 38.8 Å². The minimum Gasteiger partial charge on any atom is -0.497 e. The summed E-state index contributed by atoms with van der Waals surface area (Å²) in [5, 5.41) is 7.54. The Bertz CT molecular complexity index is 1210. The van der Waals surface area contributed by atoms with Crippen LogP contribution in [0.2, 0.25) is 0 Å². The average molecular weight is 410 g/mol. The van der Waals surface area contributed by atoms with Gasteiger partial charge in [-0.3, -0.25) is 14.9 Å². The zero-order valence-electron chi connectivity index (χ0n) is 17.4. The first-order valence-electron chi connectivity index (χ1n) is 10.1. The molecular formula is C25H22N4O2. The molecule has 0 saturated heterocycles. The number of fused-ring (bicyclic) bond motifs is 1. The quantitative estimate of drug-likeness (QED) is 0.525. The van der Waals surface area contributed by atoms with Gasteiger partial charge in [0.25, 0.3) is 5.91 Å². The van der Waals surface area contributed by atoms with Gasteiger partial charge in [-0.1, -0.05) is 48.0 Å². The molecule has 1 unspecified atom stereocenters. The molecule has 0 spiro atoms. The third kappa shape index (κ3) is 3.36. The Kier molecular flexibility index (Phi) is 4.75. The number of nitrogens with zero attached hydrogens (tertiary/aromatic N) is 3. The van der Waals surface area contributed by atoms with Crippen molar-refractivity contribution in [3.63, 3.8) is 0 Å². The molecule has 2 aromatic heterocycles. The smallest absolute Gasteiger partial charge is 0.273 e. The summed E-state index contributed by atoms with van der Waals surface area (Å²) in [7, 11) is 1.65. The van der Waals surface area contributed by atoms with Crippen LogP contribution < -0.4 is 4.74 Å². The molecule has 1 aliphatic heterocycles. The Morgan fingerprint density at radius 1 is 1.06 bits per heavy atom. The molecule has 0 saturated carbocycles. The van der Waals surface area contributed by atoms with E-state index in [1.165, 1.54) is 5.56 Å². The highest BCUT2D eigenvalue weighted by atomic mass is 16.5. The molecule has 0 radical (unpaired) electrons. The fourth-order valence-corrected chi connectivity index (χ4v) is 4.11. The van der Waals surface area contributed by atoms with Gasteiger partial charge in [-0.2, -0.15) is 5.10 Å². The van der Waals surface area contributed by atoms with Gasteiger partial charge in [0.2, 0.25) is 0 Å². The van der Waals surface area contributed by atoms with Crippen molar-refractivity contribution >= 4 is 5.91 Å². The number of aryl methyl sites for hydroxylation is 1. The van der Waals surface area contributed by atoms with E-state index in [0.717, 1.165) is 33.7 Å². The molecule has 6 heteroatoms. The second kappa shape index (κ2) is 7.72. The number of amides is 1. The van der Waals surface area contributed by atoms with Crippen molar-refractivity contribution in [1.82, 2.24) is 20.1 Å². The van der Waals surface area contributed by atoms with Crippen LogP contribution in [0.15, 0.2) is 73.1 Å². The molecule has 5 rings (SSSR count). The normalized spacial score (nSPS) is 15.2. The molecule has 4 aromatic rings. The van der Waals surface area contributed by atoms with Crippen LogP contribution in [0.3, 0.4) is 0 Å². The van der Waals surface area contributed by atoms with Crippen molar-refractivity contribution in [1.29, 1.82) is 0 Å². The van der Waals surface area contributed by atoms with E-state index >= 15 is 0 Å². The van der Waals surface area contributed by atoms with Crippen LogP contribution in [-0.4, -0.2) is 33.1 Å². The van der Waals surface area contributed by atoms with Crippen LogP contribution in [0, 0.1) is 6.92 Å². The highest BCUT2D eigenvalue weighted by Gasteiger charge is 2.42. The van der Waals surface area contributed by atoms with Crippen molar-refractivity contribution in [2.75, 3.05) is 7.11 Å². The molecule has 0 aliphatic carbocycles. The fraction of sp³-hybridized carbons (Fsp3) is 0.160. The largest absolute Gasteiger partial charge is 0.497 e. The van der Waals surface area contributed by atoms with Crippen LogP contribution in [0.4, 0.5) is 0 Å². The SMILES string of the molecule is COc1ccc(C2c3c(-c4ccc(C)cc4)n[nH]c3C(=O)N2Cc2cccnc2)cc1. The van der Waals surface area contributed by atoms with Gasteiger partial charge in [0, 0.05) is 30.1 Å². The number of ether oxygens (including phenoxy) is 1. The summed E-state index contributed by atoms with van der Waals surface area (Å²) in [6.07, 6.45) is 3.53. The Labute approximate surface area is 180 Å². The fourth-order valence-electron chi connectivity index (χ4n) is 4.11. The molecule has 1 atom stereocenters. The number of H-pyrrole nitrogens is 1. The predicted octanol–water partition coefficient (Wildman–Crippen LogP) is 4.53. The number of rotatable bonds is 5. The van der Waals surface area contributed by atoms with Gasteiger partial charge in [-0.25, -0.2) is 0 Å². The van der Waals surface area contributed by atoms with E-state index in [0.29, 0.717) is 12.2 Å². The first-order valence-corrected chi connectivity index (χ1v) is 10.1. The number of hydrogen-bond donors (Lipinski definition) is 1. The maximum atomic E-state index is 13.4. The second-order valence-electron chi connectivity index (χ2n) is 7.70. The lowest BCUT2D eigenvalue weighted by molar-refractivity contribution is 0.0730. The zero-order chi connectivity index (χ0) is 21.4. The Balaban J connectivity index is 1.63. The van der Waals surface area contributed by atoms with Crippen molar-refractivity contribution in [3.8, 4) is 17.0 Å². The van der Waals surface area contributed by atoms with E-state index in [2.05, 4.69) is 34.2 Å². The second-order valence-corrected chi connectivity index (χ2v) is 7.70. The number of methoxy groups -OCH3 is 1. The molecule has 1 aliphatic rings. The van der Waals surface area contributed by atoms with Gasteiger partial charge in [-0.05, 0) is 36.2 Å². The molecule has 0 fully saturated rings. The third-order valence-electron chi connectivity index (χ3n) is 5.70. The van der Waals surface area contributed by atoms with Crippen molar-refractivity contribution < 1.29 is 9.53 Å². The number of carbonyl (C=O) groups excluding carboxylic acids is 1. The van der Waals surface area contributed by atoms with Crippen molar-refractivity contribution in [2.45, 2.75) is 19.5 Å². The molecule has 6 nitrogen and oxygen atoms in total. The summed E-state index contributed by atoms with van der Waals surface area (Å²) < 4.78 is 5.33. The first kappa shape index (κ1) is 19.1. The summed E-state index contributed by atoms with van der Waals surface area (Å²) >= 11 is 0. The average Bonchev–Trinajstić information content (AvgIpc) is 3.35. The van der Waals surface area contributed by atoms with Crippen LogP contribution in [0.5, 0.6) is 5.75 Å². The molecular weight excluding hydrogens is 388 g/mol. The van der Waals surface area contributed by atoms with E-state index in [1.54, 1.807) is 19.5 Å². The van der Waals surface area contributed by atoms with Gasteiger partial charge < -0.3 is 9.64 Å². The van der Waals surface area contributed by atoms with Crippen LogP contribution >= 0.6 is 0 Å². The summed E-state index contributed by atoms with van der Waals surface area (Å²) in [6.45, 7) is 2.51. The Hall–Kier alpha value is -3.93. The van der Waals surface area contributed by atoms with E-state index in [9.17, 15) is 4.79 Å². The van der Waals surface area contributed by atoms with Crippen LogP contribution in [0.25, 0.3) is 11.3 Å². The lowest BCUT2D eigenvalue weighted by Crippen LogP contribution is -2.29. The third-order valence-corrected chi connectivity index (χ3v) is 5.70. The first-order chi connectivity index (χ1) is 15.2. The summed E-state index contributed by atoms with van der Waals surface area (Å²) in [5.74, 6) is 0.712. The molecule has 3 heterocycles. The standard InChI is InChI=1S/C25H22N4O2/c1-16-5-7-18(8-6-16)22-21-23(28-27-22)25(30)29(15-17-4-3-13-26-14-17)24(21)19-9-11-20(31-2)12-10-19/h3-14,24H,15H2,1-2H3,(H,27,28). The van der Waals surface area contributed by atoms with Gasteiger partial charge in [0.1, 0.15) is 11.4 Å². The van der Waals surface area contributed by atoms with E-state index < -0.39 is 0 Å². The number of aromatic nitrogens is 3. The van der Waals surface area contributed by atoms with Crippen LogP contribution in [-0.2, 0) is 6.54 Å². The topological polar surface area (TPSA) is 71.1 Å². The maximum Gasteiger partial charge on any atom is 0.273 e. The van der Waals surface area contributed by atoms with E-state index in [1.807, 2.05) is 53.4 Å². The Morgan fingerprint density at radius 3 is 2.52 bits per heavy atom. The molecule has 154 valence electrons. The maximum absolute atomic E-state index is 13.4. The van der Waals surface area contributed by atoms with Crippen molar-refractivity contribution in [2.24, 2.45) is 0 Å². The molecule has 1 N–H and O–H groups in total. The summed E-state index contributed by atoms with van der Waals surface area (Å²) in [5.41, 5.74) is 6.39. The summed E-state index contributed by atoms with van der Waals surface area (Å²) in [4.78, 5) is 19.5. The highest BCUT2D eigenvalue weighted by molar-refractivity contribution is 6.00. The van der Waals surface area contributed by atoms with Crippen molar-refractivity contribution in [3.05, 3.63) is 101 Å². The molecule has 31 heavy (non-hydrogen) atoms. The van der Waals surface area contributed by atoms with Gasteiger partial charge in [-0.15, -0.1) is 0 Å². The highest BCUT2D eigenvalue weighted by Crippen LogP contribution is 2.43.